The second-order valence-electron chi connectivity index (χ2n) is 4.39. The molecule has 102 valence electrons. The molecule has 0 aliphatic rings. The summed E-state index contributed by atoms with van der Waals surface area (Å²) < 4.78 is 26.7. The molecule has 0 spiro atoms. The highest BCUT2D eigenvalue weighted by Crippen LogP contribution is 2.14. The molecule has 0 aliphatic heterocycles. The van der Waals surface area contributed by atoms with Crippen LogP contribution in [0.25, 0.3) is 0 Å². The van der Waals surface area contributed by atoms with E-state index in [4.69, 9.17) is 0 Å². The van der Waals surface area contributed by atoms with Crippen LogP contribution >= 0.6 is 15.9 Å². The van der Waals surface area contributed by atoms with Crippen LogP contribution in [0.2, 0.25) is 0 Å². The maximum atomic E-state index is 12.0. The fourth-order valence-electron chi connectivity index (χ4n) is 1.57. The lowest BCUT2D eigenvalue weighted by molar-refractivity contribution is 0.576. The Labute approximate surface area is 118 Å². The summed E-state index contributed by atoms with van der Waals surface area (Å²) in [6.45, 7) is 4.39. The van der Waals surface area contributed by atoms with Gasteiger partial charge in [0.15, 0.2) is 0 Å². The third-order valence-corrected chi connectivity index (χ3v) is 4.91. The van der Waals surface area contributed by atoms with E-state index in [0.717, 1.165) is 35.7 Å². The van der Waals surface area contributed by atoms with Crippen molar-refractivity contribution >= 4 is 26.0 Å². The summed E-state index contributed by atoms with van der Waals surface area (Å²) in [5.41, 5.74) is 2.10. The molecule has 0 aliphatic carbocycles. The van der Waals surface area contributed by atoms with E-state index >= 15 is 0 Å². The zero-order chi connectivity index (χ0) is 13.6. The van der Waals surface area contributed by atoms with E-state index in [9.17, 15) is 8.42 Å². The predicted molar refractivity (Wildman–Crippen MR) is 78.7 cm³/mol. The molecule has 0 saturated heterocycles. The van der Waals surface area contributed by atoms with Gasteiger partial charge in [-0.05, 0) is 49.9 Å². The molecule has 0 atom stereocenters. The monoisotopic (exact) mass is 333 g/mol. The van der Waals surface area contributed by atoms with Crippen molar-refractivity contribution in [3.63, 3.8) is 0 Å². The minimum Gasteiger partial charge on any atom is -0.211 e. The summed E-state index contributed by atoms with van der Waals surface area (Å²) in [5, 5.41) is 0.969. The molecule has 0 radical (unpaired) electrons. The molecule has 1 aromatic carbocycles. The number of sulfonamides is 1. The first-order chi connectivity index (χ1) is 8.47. The molecule has 0 unspecified atom stereocenters. The average molecular weight is 334 g/mol. The van der Waals surface area contributed by atoms with Gasteiger partial charge >= 0.3 is 0 Å². The van der Waals surface area contributed by atoms with E-state index in [1.54, 1.807) is 12.1 Å². The van der Waals surface area contributed by atoms with Gasteiger partial charge < -0.3 is 0 Å². The van der Waals surface area contributed by atoms with Gasteiger partial charge in [0.25, 0.3) is 0 Å². The quantitative estimate of drug-likeness (QED) is 0.615. The predicted octanol–water partition coefficient (Wildman–Crippen LogP) is 3.15. The minimum atomic E-state index is -3.35. The first-order valence-electron chi connectivity index (χ1n) is 6.10. The van der Waals surface area contributed by atoms with Crippen LogP contribution < -0.4 is 4.72 Å². The van der Waals surface area contributed by atoms with Gasteiger partial charge in [-0.3, -0.25) is 0 Å². The fraction of sp³-hybridized carbons (Fsp3) is 0.538. The number of halogens is 1. The molecular formula is C13H20BrNO2S. The summed E-state index contributed by atoms with van der Waals surface area (Å²) in [6.07, 6.45) is 2.97. The van der Waals surface area contributed by atoms with Crippen molar-refractivity contribution < 1.29 is 8.42 Å². The van der Waals surface area contributed by atoms with Crippen LogP contribution in [0.3, 0.4) is 0 Å². The van der Waals surface area contributed by atoms with E-state index in [1.165, 1.54) is 0 Å². The van der Waals surface area contributed by atoms with Crippen molar-refractivity contribution in [2.24, 2.45) is 0 Å². The average Bonchev–Trinajstić information content (AvgIpc) is 2.32. The van der Waals surface area contributed by atoms with Crippen molar-refractivity contribution in [1.29, 1.82) is 0 Å². The third kappa shape index (κ3) is 4.71. The van der Waals surface area contributed by atoms with E-state index in [1.807, 2.05) is 19.9 Å². The standard InChI is InChI=1S/C13H20BrNO2S/c1-11-6-7-13(10-12(11)2)18(16,17)15-9-5-3-4-8-14/h6-7,10,15H,3-5,8-9H2,1-2H3. The van der Waals surface area contributed by atoms with Gasteiger partial charge in [0.1, 0.15) is 0 Å². The molecule has 3 nitrogen and oxygen atoms in total. The van der Waals surface area contributed by atoms with Crippen molar-refractivity contribution in [2.45, 2.75) is 38.0 Å². The Morgan fingerprint density at radius 2 is 1.83 bits per heavy atom. The Morgan fingerprint density at radius 1 is 1.11 bits per heavy atom. The van der Waals surface area contributed by atoms with Crippen molar-refractivity contribution in [1.82, 2.24) is 4.72 Å². The normalized spacial score (nSPS) is 11.7. The molecule has 5 heteroatoms. The lowest BCUT2D eigenvalue weighted by atomic mass is 10.1. The number of hydrogen-bond acceptors (Lipinski definition) is 2. The second-order valence-corrected chi connectivity index (χ2v) is 6.95. The molecule has 1 aromatic rings. The molecule has 0 heterocycles. The number of alkyl halides is 1. The number of rotatable bonds is 7. The van der Waals surface area contributed by atoms with E-state index < -0.39 is 10.0 Å². The Kier molecular flexibility index (Phi) is 6.32. The number of nitrogens with one attached hydrogen (secondary N) is 1. The molecule has 0 amide bonds. The summed E-state index contributed by atoms with van der Waals surface area (Å²) in [4.78, 5) is 0.353. The zero-order valence-corrected chi connectivity index (χ0v) is 13.3. The molecule has 0 saturated carbocycles. The Morgan fingerprint density at radius 3 is 2.44 bits per heavy atom. The van der Waals surface area contributed by atoms with Gasteiger partial charge in [-0.1, -0.05) is 28.4 Å². The van der Waals surface area contributed by atoms with Gasteiger partial charge in [0.2, 0.25) is 10.0 Å². The SMILES string of the molecule is Cc1ccc(S(=O)(=O)NCCCCCBr)cc1C. The van der Waals surface area contributed by atoms with E-state index in [-0.39, 0.29) is 0 Å². The second kappa shape index (κ2) is 7.26. The smallest absolute Gasteiger partial charge is 0.211 e. The van der Waals surface area contributed by atoms with E-state index in [2.05, 4.69) is 20.7 Å². The van der Waals surface area contributed by atoms with Crippen molar-refractivity contribution in [3.8, 4) is 0 Å². The Hall–Kier alpha value is -0.390. The molecule has 0 fully saturated rings. The van der Waals surface area contributed by atoms with Crippen molar-refractivity contribution in [3.05, 3.63) is 29.3 Å². The van der Waals surface area contributed by atoms with Crippen LogP contribution in [0.4, 0.5) is 0 Å². The molecular weight excluding hydrogens is 314 g/mol. The molecule has 0 aromatic heterocycles. The van der Waals surface area contributed by atoms with Crippen molar-refractivity contribution in [2.75, 3.05) is 11.9 Å². The first kappa shape index (κ1) is 15.7. The zero-order valence-electron chi connectivity index (χ0n) is 10.9. The number of hydrogen-bond donors (Lipinski definition) is 1. The Bertz CT molecular complexity index is 486. The first-order valence-corrected chi connectivity index (χ1v) is 8.71. The van der Waals surface area contributed by atoms with Crippen LogP contribution in [-0.2, 0) is 10.0 Å². The maximum absolute atomic E-state index is 12.0. The Balaban J connectivity index is 2.60. The van der Waals surface area contributed by atoms with Gasteiger partial charge in [-0.25, -0.2) is 13.1 Å². The van der Waals surface area contributed by atoms with Gasteiger partial charge in [-0.2, -0.15) is 0 Å². The highest BCUT2D eigenvalue weighted by molar-refractivity contribution is 9.09. The maximum Gasteiger partial charge on any atom is 0.240 e. The van der Waals surface area contributed by atoms with Crippen LogP contribution in [0, 0.1) is 13.8 Å². The minimum absolute atomic E-state index is 0.353. The highest BCUT2D eigenvalue weighted by atomic mass is 79.9. The summed E-state index contributed by atoms with van der Waals surface area (Å²) in [6, 6.07) is 5.22. The number of benzene rings is 1. The number of aryl methyl sites for hydroxylation is 2. The number of unbranched alkanes of at least 4 members (excludes halogenated alkanes) is 2. The summed E-state index contributed by atoms with van der Waals surface area (Å²) in [7, 11) is -3.35. The van der Waals surface area contributed by atoms with Gasteiger partial charge in [0.05, 0.1) is 4.90 Å². The highest BCUT2D eigenvalue weighted by Gasteiger charge is 2.13. The summed E-state index contributed by atoms with van der Waals surface area (Å²) >= 11 is 3.35. The fourth-order valence-corrected chi connectivity index (χ4v) is 3.12. The topological polar surface area (TPSA) is 46.2 Å². The van der Waals surface area contributed by atoms with Gasteiger partial charge in [0, 0.05) is 11.9 Å². The summed E-state index contributed by atoms with van der Waals surface area (Å²) in [5.74, 6) is 0. The molecule has 18 heavy (non-hydrogen) atoms. The molecule has 0 bridgehead atoms. The van der Waals surface area contributed by atoms with Crippen LogP contribution in [0.15, 0.2) is 23.1 Å². The van der Waals surface area contributed by atoms with Crippen LogP contribution in [0.1, 0.15) is 30.4 Å². The van der Waals surface area contributed by atoms with E-state index in [0.29, 0.717) is 11.4 Å². The lowest BCUT2D eigenvalue weighted by Crippen LogP contribution is -2.24. The van der Waals surface area contributed by atoms with Crippen LogP contribution in [0.5, 0.6) is 0 Å². The largest absolute Gasteiger partial charge is 0.240 e. The molecule has 1 N–H and O–H groups in total. The van der Waals surface area contributed by atoms with Gasteiger partial charge in [-0.15, -0.1) is 0 Å². The lowest BCUT2D eigenvalue weighted by Gasteiger charge is -2.08. The van der Waals surface area contributed by atoms with Crippen LogP contribution in [-0.4, -0.2) is 20.3 Å². The molecule has 1 rings (SSSR count). The third-order valence-electron chi connectivity index (χ3n) is 2.89.